The minimum atomic E-state index is -0.313. The van der Waals surface area contributed by atoms with Gasteiger partial charge in [-0.15, -0.1) is 5.10 Å². The molecule has 3 rings (SSSR count). The molecule has 0 aliphatic carbocycles. The van der Waals surface area contributed by atoms with Gasteiger partial charge in [-0.25, -0.2) is 8.91 Å². The van der Waals surface area contributed by atoms with E-state index in [-0.39, 0.29) is 5.82 Å². The summed E-state index contributed by atoms with van der Waals surface area (Å²) >= 11 is 0. The van der Waals surface area contributed by atoms with E-state index in [0.29, 0.717) is 23.7 Å². The molecular weight excluding hydrogens is 233 g/mol. The third-order valence-corrected chi connectivity index (χ3v) is 3.37. The second kappa shape index (κ2) is 4.53. The van der Waals surface area contributed by atoms with Gasteiger partial charge in [-0.1, -0.05) is 0 Å². The number of fused-ring (bicyclic) bond motifs is 1. The number of rotatable bonds is 2. The van der Waals surface area contributed by atoms with E-state index in [9.17, 15) is 4.39 Å². The van der Waals surface area contributed by atoms with Crippen molar-refractivity contribution in [2.75, 3.05) is 11.9 Å². The molecule has 0 spiro atoms. The summed E-state index contributed by atoms with van der Waals surface area (Å²) in [6.07, 6.45) is 3.57. The average Bonchev–Trinajstić information content (AvgIpc) is 2.73. The lowest BCUT2D eigenvalue weighted by atomic mass is 10.0. The standard InChI is InChI=1S/C12H16FN5/c1-8-10(3-2-6-14-8)15-12-16-11-5-4-9(13)7-18(11)17-12/h4-5,7-8,10,14H,2-3,6H2,1H3,(H,15,17). The molecule has 0 aromatic carbocycles. The van der Waals surface area contributed by atoms with Gasteiger partial charge in [-0.05, 0) is 38.4 Å². The van der Waals surface area contributed by atoms with Crippen molar-refractivity contribution >= 4 is 11.6 Å². The van der Waals surface area contributed by atoms with Crippen molar-refractivity contribution in [1.29, 1.82) is 0 Å². The Kier molecular flexibility index (Phi) is 2.87. The van der Waals surface area contributed by atoms with E-state index < -0.39 is 0 Å². The average molecular weight is 249 g/mol. The fourth-order valence-electron chi connectivity index (χ4n) is 2.33. The Labute approximate surface area is 104 Å². The van der Waals surface area contributed by atoms with Crippen molar-refractivity contribution in [2.45, 2.75) is 31.8 Å². The molecule has 2 aromatic heterocycles. The highest BCUT2D eigenvalue weighted by Crippen LogP contribution is 2.14. The van der Waals surface area contributed by atoms with Crippen LogP contribution >= 0.6 is 0 Å². The maximum absolute atomic E-state index is 13.0. The van der Waals surface area contributed by atoms with E-state index in [1.165, 1.54) is 16.8 Å². The van der Waals surface area contributed by atoms with Crippen LogP contribution in [0.1, 0.15) is 19.8 Å². The fourth-order valence-corrected chi connectivity index (χ4v) is 2.33. The Bertz CT molecular complexity index is 552. The fraction of sp³-hybridized carbons (Fsp3) is 0.500. The summed E-state index contributed by atoms with van der Waals surface area (Å²) in [6, 6.07) is 3.72. The van der Waals surface area contributed by atoms with Crippen LogP contribution in [0.25, 0.3) is 5.65 Å². The number of pyridine rings is 1. The zero-order valence-electron chi connectivity index (χ0n) is 10.2. The van der Waals surface area contributed by atoms with Gasteiger partial charge in [0.05, 0.1) is 6.20 Å². The first-order chi connectivity index (χ1) is 8.72. The van der Waals surface area contributed by atoms with Crippen molar-refractivity contribution in [3.63, 3.8) is 0 Å². The summed E-state index contributed by atoms with van der Waals surface area (Å²) in [4.78, 5) is 4.33. The van der Waals surface area contributed by atoms with Gasteiger partial charge in [0.1, 0.15) is 5.82 Å². The predicted octanol–water partition coefficient (Wildman–Crippen LogP) is 1.42. The smallest absolute Gasteiger partial charge is 0.243 e. The molecule has 5 nitrogen and oxygen atoms in total. The van der Waals surface area contributed by atoms with E-state index in [4.69, 9.17) is 0 Å². The number of aromatic nitrogens is 3. The predicted molar refractivity (Wildman–Crippen MR) is 67.1 cm³/mol. The zero-order valence-corrected chi connectivity index (χ0v) is 10.2. The molecule has 0 bridgehead atoms. The molecule has 2 atom stereocenters. The maximum atomic E-state index is 13.0. The number of anilines is 1. The molecule has 6 heteroatoms. The summed E-state index contributed by atoms with van der Waals surface area (Å²) < 4.78 is 14.5. The van der Waals surface area contributed by atoms with E-state index in [2.05, 4.69) is 27.6 Å². The molecule has 0 amide bonds. The SMILES string of the molecule is CC1NCCCC1Nc1nc2ccc(F)cn2n1. The minimum absolute atomic E-state index is 0.313. The van der Waals surface area contributed by atoms with Gasteiger partial charge in [0.15, 0.2) is 5.65 Å². The van der Waals surface area contributed by atoms with Crippen LogP contribution in [-0.4, -0.2) is 33.2 Å². The Morgan fingerprint density at radius 3 is 3.22 bits per heavy atom. The molecule has 96 valence electrons. The van der Waals surface area contributed by atoms with Gasteiger partial charge in [0, 0.05) is 12.1 Å². The van der Waals surface area contributed by atoms with E-state index in [1.807, 2.05) is 0 Å². The summed E-state index contributed by atoms with van der Waals surface area (Å²) in [5.41, 5.74) is 0.648. The third-order valence-electron chi connectivity index (χ3n) is 3.37. The number of nitrogens with one attached hydrogen (secondary N) is 2. The summed E-state index contributed by atoms with van der Waals surface area (Å²) in [7, 11) is 0. The van der Waals surface area contributed by atoms with Crippen molar-refractivity contribution < 1.29 is 4.39 Å². The summed E-state index contributed by atoms with van der Waals surface area (Å²) in [5.74, 6) is 0.243. The molecule has 2 unspecified atom stereocenters. The normalized spacial score (nSPS) is 24.3. The maximum Gasteiger partial charge on any atom is 0.243 e. The molecule has 18 heavy (non-hydrogen) atoms. The Morgan fingerprint density at radius 1 is 1.50 bits per heavy atom. The van der Waals surface area contributed by atoms with Crippen molar-refractivity contribution in [2.24, 2.45) is 0 Å². The lowest BCUT2D eigenvalue weighted by Crippen LogP contribution is -2.46. The molecule has 0 saturated carbocycles. The van der Waals surface area contributed by atoms with E-state index in [0.717, 1.165) is 19.4 Å². The first-order valence-corrected chi connectivity index (χ1v) is 6.24. The van der Waals surface area contributed by atoms with Crippen LogP contribution < -0.4 is 10.6 Å². The molecule has 1 aliphatic heterocycles. The van der Waals surface area contributed by atoms with Crippen LogP contribution in [0.15, 0.2) is 18.3 Å². The van der Waals surface area contributed by atoms with Crippen molar-refractivity contribution in [1.82, 2.24) is 19.9 Å². The van der Waals surface area contributed by atoms with Crippen LogP contribution in [0.2, 0.25) is 0 Å². The lowest BCUT2D eigenvalue weighted by molar-refractivity contribution is 0.388. The Balaban J connectivity index is 1.81. The second-order valence-electron chi connectivity index (χ2n) is 4.72. The van der Waals surface area contributed by atoms with Gasteiger partial charge in [-0.3, -0.25) is 0 Å². The molecular formula is C12H16FN5. The monoisotopic (exact) mass is 249 g/mol. The first-order valence-electron chi connectivity index (χ1n) is 6.24. The molecule has 1 aliphatic rings. The molecule has 1 saturated heterocycles. The third kappa shape index (κ3) is 2.15. The summed E-state index contributed by atoms with van der Waals surface area (Å²) in [5, 5.41) is 11.0. The Hall–Kier alpha value is -1.69. The van der Waals surface area contributed by atoms with Gasteiger partial charge in [0.25, 0.3) is 0 Å². The number of piperidine rings is 1. The number of hydrogen-bond donors (Lipinski definition) is 2. The molecule has 1 fully saturated rings. The molecule has 3 heterocycles. The largest absolute Gasteiger partial charge is 0.349 e. The van der Waals surface area contributed by atoms with E-state index >= 15 is 0 Å². The van der Waals surface area contributed by atoms with Crippen molar-refractivity contribution in [3.8, 4) is 0 Å². The number of halogens is 1. The summed E-state index contributed by atoms with van der Waals surface area (Å²) in [6.45, 7) is 3.20. The number of hydrogen-bond acceptors (Lipinski definition) is 4. The quantitative estimate of drug-likeness (QED) is 0.845. The van der Waals surface area contributed by atoms with Gasteiger partial charge in [-0.2, -0.15) is 4.98 Å². The highest BCUT2D eigenvalue weighted by Gasteiger charge is 2.21. The first kappa shape index (κ1) is 11.4. The van der Waals surface area contributed by atoms with Crippen LogP contribution in [0.5, 0.6) is 0 Å². The van der Waals surface area contributed by atoms with E-state index in [1.54, 1.807) is 6.07 Å². The number of nitrogens with zero attached hydrogens (tertiary/aromatic N) is 3. The van der Waals surface area contributed by atoms with Gasteiger partial charge >= 0.3 is 0 Å². The molecule has 0 radical (unpaired) electrons. The molecule has 2 N–H and O–H groups in total. The van der Waals surface area contributed by atoms with Gasteiger partial charge in [0.2, 0.25) is 5.95 Å². The molecule has 2 aromatic rings. The highest BCUT2D eigenvalue weighted by atomic mass is 19.1. The second-order valence-corrected chi connectivity index (χ2v) is 4.72. The lowest BCUT2D eigenvalue weighted by Gasteiger charge is -2.30. The van der Waals surface area contributed by atoms with Gasteiger partial charge < -0.3 is 10.6 Å². The van der Waals surface area contributed by atoms with Crippen LogP contribution in [0.4, 0.5) is 10.3 Å². The van der Waals surface area contributed by atoms with Crippen LogP contribution in [-0.2, 0) is 0 Å². The van der Waals surface area contributed by atoms with Crippen molar-refractivity contribution in [3.05, 3.63) is 24.1 Å². The topological polar surface area (TPSA) is 54.2 Å². The zero-order chi connectivity index (χ0) is 12.5. The highest BCUT2D eigenvalue weighted by molar-refractivity contribution is 5.43. The van der Waals surface area contributed by atoms with Crippen LogP contribution in [0.3, 0.4) is 0 Å². The van der Waals surface area contributed by atoms with Crippen LogP contribution in [0, 0.1) is 5.82 Å². The Morgan fingerprint density at radius 2 is 2.39 bits per heavy atom. The minimum Gasteiger partial charge on any atom is -0.349 e.